The molecule has 2 aromatic rings. The minimum Gasteiger partial charge on any atom is -0.341 e. The molecular weight excluding hydrogens is 382 g/mol. The Bertz CT molecular complexity index is 925. The molecule has 0 spiro atoms. The zero-order valence-electron chi connectivity index (χ0n) is 17.5. The van der Waals surface area contributed by atoms with E-state index in [9.17, 15) is 9.59 Å². The van der Waals surface area contributed by atoms with Crippen LogP contribution >= 0.6 is 11.8 Å². The van der Waals surface area contributed by atoms with Gasteiger partial charge in [0.05, 0.1) is 16.7 Å². The van der Waals surface area contributed by atoms with Crippen LogP contribution in [0.3, 0.4) is 0 Å². The van der Waals surface area contributed by atoms with Crippen molar-refractivity contribution in [3.05, 3.63) is 34.6 Å². The van der Waals surface area contributed by atoms with Gasteiger partial charge in [-0.15, -0.1) is 0 Å². The molecule has 156 valence electrons. The van der Waals surface area contributed by atoms with Crippen molar-refractivity contribution in [1.29, 1.82) is 0 Å². The van der Waals surface area contributed by atoms with Gasteiger partial charge in [0.2, 0.25) is 5.91 Å². The van der Waals surface area contributed by atoms with Crippen LogP contribution in [-0.2, 0) is 4.79 Å². The van der Waals surface area contributed by atoms with Crippen molar-refractivity contribution in [2.75, 3.05) is 18.8 Å². The molecule has 2 aliphatic rings. The maximum Gasteiger partial charge on any atom is 0.262 e. The fourth-order valence-electron chi connectivity index (χ4n) is 4.97. The number of hydrogen-bond acceptors (Lipinski definition) is 4. The number of benzene rings is 1. The highest BCUT2D eigenvalue weighted by Crippen LogP contribution is 2.31. The molecule has 29 heavy (non-hydrogen) atoms. The standard InChI is InChI=1S/C23H31N3O2S/c1-16-12-17(2)14-25(13-16)21(27)15-29-23-24-20-11-7-6-10-19(20)22(28)26(23)18-8-4-3-5-9-18/h6-7,10-11,16-18H,3-5,8-9,12-15H2,1-2H3/t16-,17+. The van der Waals surface area contributed by atoms with E-state index in [0.717, 1.165) is 44.3 Å². The van der Waals surface area contributed by atoms with Crippen LogP contribution in [0.1, 0.15) is 58.4 Å². The summed E-state index contributed by atoms with van der Waals surface area (Å²) >= 11 is 1.43. The molecule has 1 amide bonds. The fraction of sp³-hybridized carbons (Fsp3) is 0.609. The van der Waals surface area contributed by atoms with Crippen molar-refractivity contribution >= 4 is 28.6 Å². The van der Waals surface area contributed by atoms with Crippen molar-refractivity contribution in [2.45, 2.75) is 63.6 Å². The van der Waals surface area contributed by atoms with Crippen molar-refractivity contribution in [3.63, 3.8) is 0 Å². The topological polar surface area (TPSA) is 55.2 Å². The highest BCUT2D eigenvalue weighted by atomic mass is 32.2. The van der Waals surface area contributed by atoms with Crippen LogP contribution in [0.25, 0.3) is 10.9 Å². The second-order valence-electron chi connectivity index (χ2n) is 8.91. The summed E-state index contributed by atoms with van der Waals surface area (Å²) < 4.78 is 1.89. The first-order valence-corrected chi connectivity index (χ1v) is 11.9. The number of amides is 1. The molecule has 0 N–H and O–H groups in total. The van der Waals surface area contributed by atoms with E-state index < -0.39 is 0 Å². The van der Waals surface area contributed by atoms with E-state index in [2.05, 4.69) is 13.8 Å². The molecule has 6 heteroatoms. The molecule has 1 aromatic heterocycles. The first kappa shape index (κ1) is 20.5. The molecule has 2 atom stereocenters. The number of carbonyl (C=O) groups excluding carboxylic acids is 1. The lowest BCUT2D eigenvalue weighted by atomic mass is 9.92. The first-order valence-electron chi connectivity index (χ1n) is 10.9. The highest BCUT2D eigenvalue weighted by Gasteiger charge is 2.27. The fourth-order valence-corrected chi connectivity index (χ4v) is 5.94. The van der Waals surface area contributed by atoms with Gasteiger partial charge in [-0.1, -0.05) is 57.0 Å². The lowest BCUT2D eigenvalue weighted by molar-refractivity contribution is -0.130. The Morgan fingerprint density at radius 3 is 2.52 bits per heavy atom. The molecular formula is C23H31N3O2S. The van der Waals surface area contributed by atoms with Gasteiger partial charge in [-0.3, -0.25) is 14.2 Å². The third-order valence-corrected chi connectivity index (χ3v) is 7.20. The molecule has 1 saturated carbocycles. The minimum absolute atomic E-state index is 0.0395. The van der Waals surface area contributed by atoms with Crippen LogP contribution in [0, 0.1) is 11.8 Å². The zero-order valence-corrected chi connectivity index (χ0v) is 18.3. The smallest absolute Gasteiger partial charge is 0.262 e. The molecule has 2 heterocycles. The van der Waals surface area contributed by atoms with Crippen LogP contribution in [0.5, 0.6) is 0 Å². The van der Waals surface area contributed by atoms with Crippen LogP contribution in [0.2, 0.25) is 0 Å². The molecule has 1 aromatic carbocycles. The Balaban J connectivity index is 1.60. The molecule has 4 rings (SSSR count). The van der Waals surface area contributed by atoms with Gasteiger partial charge in [-0.2, -0.15) is 0 Å². The zero-order chi connectivity index (χ0) is 20.4. The Morgan fingerprint density at radius 1 is 1.10 bits per heavy atom. The second-order valence-corrected chi connectivity index (χ2v) is 9.85. The maximum atomic E-state index is 13.3. The Labute approximate surface area is 176 Å². The van der Waals surface area contributed by atoms with Crippen LogP contribution < -0.4 is 5.56 Å². The van der Waals surface area contributed by atoms with Gasteiger partial charge < -0.3 is 4.90 Å². The average molecular weight is 414 g/mol. The molecule has 0 radical (unpaired) electrons. The van der Waals surface area contributed by atoms with Gasteiger partial charge in [-0.25, -0.2) is 4.98 Å². The van der Waals surface area contributed by atoms with E-state index in [4.69, 9.17) is 4.98 Å². The summed E-state index contributed by atoms with van der Waals surface area (Å²) in [6.07, 6.45) is 6.75. The predicted octanol–water partition coefficient (Wildman–Crippen LogP) is 4.50. The van der Waals surface area contributed by atoms with Crippen LogP contribution in [0.4, 0.5) is 0 Å². The summed E-state index contributed by atoms with van der Waals surface area (Å²) in [6, 6.07) is 7.75. The van der Waals surface area contributed by atoms with Crippen LogP contribution in [-0.4, -0.2) is 39.2 Å². The van der Waals surface area contributed by atoms with Crippen molar-refractivity contribution < 1.29 is 4.79 Å². The van der Waals surface area contributed by atoms with E-state index in [1.165, 1.54) is 24.6 Å². The number of rotatable bonds is 4. The molecule has 1 aliphatic carbocycles. The largest absolute Gasteiger partial charge is 0.341 e. The Kier molecular flexibility index (Phi) is 6.28. The monoisotopic (exact) mass is 413 g/mol. The van der Waals surface area contributed by atoms with Gasteiger partial charge >= 0.3 is 0 Å². The molecule has 5 nitrogen and oxygen atoms in total. The number of thioether (sulfide) groups is 1. The quantitative estimate of drug-likeness (QED) is 0.547. The van der Waals surface area contributed by atoms with E-state index >= 15 is 0 Å². The number of likely N-dealkylation sites (tertiary alicyclic amines) is 1. The van der Waals surface area contributed by atoms with Gasteiger partial charge in [-0.05, 0) is 43.2 Å². The number of nitrogens with zero attached hydrogens (tertiary/aromatic N) is 3. The molecule has 1 saturated heterocycles. The van der Waals surface area contributed by atoms with Crippen molar-refractivity contribution in [1.82, 2.24) is 14.5 Å². The van der Waals surface area contributed by atoms with Crippen molar-refractivity contribution in [3.8, 4) is 0 Å². The molecule has 0 bridgehead atoms. The minimum atomic E-state index is 0.0395. The number of piperidine rings is 1. The number of fused-ring (bicyclic) bond motifs is 1. The Hall–Kier alpha value is -1.82. The molecule has 2 fully saturated rings. The lowest BCUT2D eigenvalue weighted by Crippen LogP contribution is -2.43. The number of hydrogen-bond donors (Lipinski definition) is 0. The SMILES string of the molecule is C[C@@H]1C[C@H](C)CN(C(=O)CSc2nc3ccccc3c(=O)n2C2CCCCC2)C1. The average Bonchev–Trinajstić information content (AvgIpc) is 2.72. The van der Waals surface area contributed by atoms with Gasteiger partial charge in [0.15, 0.2) is 5.16 Å². The number of carbonyl (C=O) groups is 1. The predicted molar refractivity (Wildman–Crippen MR) is 118 cm³/mol. The highest BCUT2D eigenvalue weighted by molar-refractivity contribution is 7.99. The third-order valence-electron chi connectivity index (χ3n) is 6.26. The summed E-state index contributed by atoms with van der Waals surface area (Å²) in [5, 5.41) is 1.37. The second kappa shape index (κ2) is 8.90. The summed E-state index contributed by atoms with van der Waals surface area (Å²) in [5.74, 6) is 1.60. The van der Waals surface area contributed by atoms with E-state index in [0.29, 0.717) is 28.1 Å². The lowest BCUT2D eigenvalue weighted by Gasteiger charge is -2.35. The Morgan fingerprint density at radius 2 is 1.79 bits per heavy atom. The van der Waals surface area contributed by atoms with Gasteiger partial charge in [0.1, 0.15) is 0 Å². The normalized spacial score (nSPS) is 23.4. The van der Waals surface area contributed by atoms with E-state index in [1.807, 2.05) is 33.7 Å². The summed E-state index contributed by atoms with van der Waals surface area (Å²) in [4.78, 5) is 33.0. The van der Waals surface area contributed by atoms with E-state index in [-0.39, 0.29) is 17.5 Å². The summed E-state index contributed by atoms with van der Waals surface area (Å²) in [5.41, 5.74) is 0.761. The van der Waals surface area contributed by atoms with Crippen LogP contribution in [0.15, 0.2) is 34.2 Å². The van der Waals surface area contributed by atoms with E-state index in [1.54, 1.807) is 0 Å². The molecule has 1 aliphatic heterocycles. The van der Waals surface area contributed by atoms with Gasteiger partial charge in [0.25, 0.3) is 5.56 Å². The van der Waals surface area contributed by atoms with Gasteiger partial charge in [0, 0.05) is 19.1 Å². The summed E-state index contributed by atoms with van der Waals surface area (Å²) in [7, 11) is 0. The third kappa shape index (κ3) is 4.52. The number of aromatic nitrogens is 2. The molecule has 0 unspecified atom stereocenters. The van der Waals surface area contributed by atoms with Crippen molar-refractivity contribution in [2.24, 2.45) is 11.8 Å². The summed E-state index contributed by atoms with van der Waals surface area (Å²) in [6.45, 7) is 6.11. The first-order chi connectivity index (χ1) is 14.0. The number of para-hydroxylation sites is 1. The maximum absolute atomic E-state index is 13.3.